The molecule has 0 spiro atoms. The zero-order chi connectivity index (χ0) is 11.8. The van der Waals surface area contributed by atoms with Crippen LogP contribution in [0.25, 0.3) is 0 Å². The van der Waals surface area contributed by atoms with Gasteiger partial charge in [0.2, 0.25) is 0 Å². The lowest BCUT2D eigenvalue weighted by Gasteiger charge is -2.32. The lowest BCUT2D eigenvalue weighted by Crippen LogP contribution is -2.48. The highest BCUT2D eigenvalue weighted by Crippen LogP contribution is 2.27. The molecule has 1 aliphatic rings. The fraction of sp³-hybridized carbons (Fsp3) is 0.538. The zero-order valence-electron chi connectivity index (χ0n) is 10.2. The van der Waals surface area contributed by atoms with Crippen molar-refractivity contribution in [3.63, 3.8) is 0 Å². The first kappa shape index (κ1) is 11.3. The molecule has 3 nitrogen and oxygen atoms in total. The Kier molecular flexibility index (Phi) is 2.80. The van der Waals surface area contributed by atoms with Crippen molar-refractivity contribution in [1.29, 1.82) is 0 Å². The first-order valence-electron chi connectivity index (χ1n) is 5.73. The van der Waals surface area contributed by atoms with Gasteiger partial charge >= 0.3 is 0 Å². The van der Waals surface area contributed by atoms with Crippen molar-refractivity contribution in [2.75, 3.05) is 12.3 Å². The van der Waals surface area contributed by atoms with Gasteiger partial charge in [-0.05, 0) is 51.0 Å². The van der Waals surface area contributed by atoms with Crippen LogP contribution in [0.1, 0.15) is 26.3 Å². The van der Waals surface area contributed by atoms with E-state index in [4.69, 9.17) is 10.5 Å². The van der Waals surface area contributed by atoms with Crippen LogP contribution >= 0.6 is 0 Å². The maximum Gasteiger partial charge on any atom is 0.122 e. The van der Waals surface area contributed by atoms with Crippen LogP contribution in [0.3, 0.4) is 0 Å². The maximum atomic E-state index is 5.78. The average molecular weight is 220 g/mol. The summed E-state index contributed by atoms with van der Waals surface area (Å²) >= 11 is 0. The number of ether oxygens (including phenoxy) is 1. The van der Waals surface area contributed by atoms with Crippen LogP contribution in [0.5, 0.6) is 5.75 Å². The number of nitrogen functional groups attached to an aromatic ring is 1. The van der Waals surface area contributed by atoms with Crippen LogP contribution in [0.4, 0.5) is 5.69 Å². The van der Waals surface area contributed by atoms with E-state index in [1.807, 2.05) is 18.2 Å². The molecule has 0 fully saturated rings. The molecule has 2 rings (SSSR count). The molecule has 88 valence electrons. The van der Waals surface area contributed by atoms with Crippen LogP contribution in [0, 0.1) is 0 Å². The van der Waals surface area contributed by atoms with Crippen molar-refractivity contribution >= 4 is 5.69 Å². The van der Waals surface area contributed by atoms with Crippen molar-refractivity contribution in [2.45, 2.75) is 38.8 Å². The minimum Gasteiger partial charge on any atom is -0.492 e. The van der Waals surface area contributed by atoms with Gasteiger partial charge < -0.3 is 15.8 Å². The number of hydrogen-bond donors (Lipinski definition) is 2. The Morgan fingerprint density at radius 1 is 1.38 bits per heavy atom. The summed E-state index contributed by atoms with van der Waals surface area (Å²) in [6, 6.07) is 6.22. The first-order chi connectivity index (χ1) is 7.44. The van der Waals surface area contributed by atoms with E-state index in [1.165, 1.54) is 5.56 Å². The number of nitrogens with two attached hydrogens (primary N) is 1. The highest BCUT2D eigenvalue weighted by molar-refractivity contribution is 5.48. The highest BCUT2D eigenvalue weighted by atomic mass is 16.5. The number of fused-ring (bicyclic) bond motifs is 1. The van der Waals surface area contributed by atoms with Crippen LogP contribution in [-0.2, 0) is 6.42 Å². The number of hydrogen-bond acceptors (Lipinski definition) is 3. The summed E-state index contributed by atoms with van der Waals surface area (Å²) in [5.74, 6) is 0.973. The van der Waals surface area contributed by atoms with Gasteiger partial charge in [-0.2, -0.15) is 0 Å². The van der Waals surface area contributed by atoms with Crippen molar-refractivity contribution in [1.82, 2.24) is 5.32 Å². The van der Waals surface area contributed by atoms with Crippen LogP contribution in [0.2, 0.25) is 0 Å². The predicted molar refractivity (Wildman–Crippen MR) is 66.7 cm³/mol. The van der Waals surface area contributed by atoms with E-state index in [9.17, 15) is 0 Å². The average Bonchev–Trinajstić information content (AvgIpc) is 2.14. The Balaban J connectivity index is 2.11. The standard InChI is InChI=1S/C13H20N2O/c1-13(2,3)15-11-7-9-6-10(14)4-5-12(9)16-8-11/h4-6,11,15H,7-8,14H2,1-3H3. The second-order valence-electron chi connectivity index (χ2n) is 5.47. The van der Waals surface area contributed by atoms with Gasteiger partial charge in [-0.3, -0.25) is 0 Å². The van der Waals surface area contributed by atoms with Gasteiger partial charge in [0.25, 0.3) is 0 Å². The van der Waals surface area contributed by atoms with E-state index in [0.717, 1.165) is 24.5 Å². The number of benzene rings is 1. The summed E-state index contributed by atoms with van der Waals surface area (Å²) < 4.78 is 5.72. The molecule has 0 bridgehead atoms. The minimum atomic E-state index is 0.117. The first-order valence-corrected chi connectivity index (χ1v) is 5.73. The third-order valence-electron chi connectivity index (χ3n) is 2.63. The smallest absolute Gasteiger partial charge is 0.122 e. The van der Waals surface area contributed by atoms with E-state index >= 15 is 0 Å². The number of nitrogens with one attached hydrogen (secondary N) is 1. The van der Waals surface area contributed by atoms with E-state index in [2.05, 4.69) is 26.1 Å². The van der Waals surface area contributed by atoms with Gasteiger partial charge in [0.05, 0.1) is 0 Å². The SMILES string of the molecule is CC(C)(C)NC1COc2ccc(N)cc2C1. The molecule has 1 atom stereocenters. The predicted octanol–water partition coefficient (Wildman–Crippen LogP) is 1.96. The van der Waals surface area contributed by atoms with Gasteiger partial charge in [-0.25, -0.2) is 0 Å². The van der Waals surface area contributed by atoms with Gasteiger partial charge in [-0.1, -0.05) is 0 Å². The van der Waals surface area contributed by atoms with Crippen molar-refractivity contribution in [3.8, 4) is 5.75 Å². The molecule has 0 saturated carbocycles. The Hall–Kier alpha value is -1.22. The summed E-state index contributed by atoms with van der Waals surface area (Å²) in [7, 11) is 0. The molecule has 0 saturated heterocycles. The van der Waals surface area contributed by atoms with Crippen molar-refractivity contribution in [3.05, 3.63) is 23.8 Å². The fourth-order valence-electron chi connectivity index (χ4n) is 2.12. The molecule has 0 aliphatic carbocycles. The molecule has 3 heteroatoms. The molecule has 3 N–H and O–H groups in total. The lowest BCUT2D eigenvalue weighted by molar-refractivity contribution is 0.212. The van der Waals surface area contributed by atoms with E-state index in [-0.39, 0.29) is 5.54 Å². The van der Waals surface area contributed by atoms with Gasteiger partial charge in [0.15, 0.2) is 0 Å². The molecule has 16 heavy (non-hydrogen) atoms. The summed E-state index contributed by atoms with van der Waals surface area (Å²) in [6.45, 7) is 7.24. The fourth-order valence-corrected chi connectivity index (χ4v) is 2.12. The molecule has 1 heterocycles. The van der Waals surface area contributed by atoms with Gasteiger partial charge in [0.1, 0.15) is 12.4 Å². The Labute approximate surface area is 97.0 Å². The summed E-state index contributed by atoms with van der Waals surface area (Å²) in [5.41, 5.74) is 7.90. The minimum absolute atomic E-state index is 0.117. The van der Waals surface area contributed by atoms with Crippen LogP contribution in [-0.4, -0.2) is 18.2 Å². The molecule has 1 unspecified atom stereocenters. The quantitative estimate of drug-likeness (QED) is 0.711. The monoisotopic (exact) mass is 220 g/mol. The largest absolute Gasteiger partial charge is 0.492 e. The zero-order valence-corrected chi connectivity index (χ0v) is 10.2. The van der Waals surface area contributed by atoms with Crippen LogP contribution in [0.15, 0.2) is 18.2 Å². The van der Waals surface area contributed by atoms with Gasteiger partial charge in [-0.15, -0.1) is 0 Å². The molecular formula is C13H20N2O. The molecule has 1 aromatic rings. The third kappa shape index (κ3) is 2.67. The topological polar surface area (TPSA) is 47.3 Å². The maximum absolute atomic E-state index is 5.78. The summed E-state index contributed by atoms with van der Waals surface area (Å²) in [6.07, 6.45) is 0.984. The molecule has 1 aliphatic heterocycles. The number of anilines is 1. The lowest BCUT2D eigenvalue weighted by atomic mass is 9.99. The Morgan fingerprint density at radius 3 is 2.81 bits per heavy atom. The normalized spacial score (nSPS) is 20.1. The molecule has 0 aromatic heterocycles. The summed E-state index contributed by atoms with van der Waals surface area (Å²) in [4.78, 5) is 0. The molecule has 0 amide bonds. The van der Waals surface area contributed by atoms with Gasteiger partial charge in [0, 0.05) is 17.3 Å². The van der Waals surface area contributed by atoms with E-state index < -0.39 is 0 Å². The highest BCUT2D eigenvalue weighted by Gasteiger charge is 2.23. The van der Waals surface area contributed by atoms with E-state index in [0.29, 0.717) is 6.04 Å². The molecular weight excluding hydrogens is 200 g/mol. The molecule has 1 aromatic carbocycles. The van der Waals surface area contributed by atoms with Crippen molar-refractivity contribution < 1.29 is 4.74 Å². The second kappa shape index (κ2) is 3.98. The molecule has 0 radical (unpaired) electrons. The Morgan fingerprint density at radius 2 is 2.12 bits per heavy atom. The Bertz CT molecular complexity index is 382. The summed E-state index contributed by atoms with van der Waals surface area (Å²) in [5, 5.41) is 3.55. The third-order valence-corrected chi connectivity index (χ3v) is 2.63. The van der Waals surface area contributed by atoms with E-state index in [1.54, 1.807) is 0 Å². The van der Waals surface area contributed by atoms with Crippen LogP contribution < -0.4 is 15.8 Å². The second-order valence-corrected chi connectivity index (χ2v) is 5.47. The van der Waals surface area contributed by atoms with Crippen molar-refractivity contribution in [2.24, 2.45) is 0 Å². The number of rotatable bonds is 1.